The van der Waals surface area contributed by atoms with Crippen LogP contribution in [0.3, 0.4) is 0 Å². The molecule has 1 heterocycles. The Morgan fingerprint density at radius 1 is 0.955 bits per heavy atom. The molecule has 2 rings (SSSR count). The molecule has 0 fully saturated rings. The van der Waals surface area contributed by atoms with Gasteiger partial charge in [-0.3, -0.25) is 4.98 Å². The number of aromatic nitrogens is 1. The average Bonchev–Trinajstić information content (AvgIpc) is 2.37. The summed E-state index contributed by atoms with van der Waals surface area (Å²) in [6.45, 7) is 0. The summed E-state index contributed by atoms with van der Waals surface area (Å²) in [6, 6.07) is 5.14. The lowest BCUT2D eigenvalue weighted by molar-refractivity contribution is -0.274. The van der Waals surface area contributed by atoms with Gasteiger partial charge in [0.1, 0.15) is 5.75 Å². The molecule has 0 amide bonds. The fourth-order valence-corrected chi connectivity index (χ4v) is 1.90. The first kappa shape index (κ1) is 16.4. The number of benzene rings is 1. The second-order valence-corrected chi connectivity index (χ2v) is 4.53. The van der Waals surface area contributed by atoms with Gasteiger partial charge >= 0.3 is 12.5 Å². The molecule has 0 aliphatic heterocycles. The van der Waals surface area contributed by atoms with Crippen LogP contribution in [0.2, 0.25) is 5.02 Å². The molecule has 9 heteroatoms. The highest BCUT2D eigenvalue weighted by Crippen LogP contribution is 2.34. The summed E-state index contributed by atoms with van der Waals surface area (Å²) in [5, 5.41) is -0.265. The molecule has 1 aromatic carbocycles. The van der Waals surface area contributed by atoms with Crippen molar-refractivity contribution in [2.24, 2.45) is 0 Å². The third-order valence-corrected chi connectivity index (χ3v) is 2.82. The first-order valence-electron chi connectivity index (χ1n) is 5.65. The van der Waals surface area contributed by atoms with Crippen molar-refractivity contribution in [2.45, 2.75) is 12.5 Å². The van der Waals surface area contributed by atoms with Crippen LogP contribution < -0.4 is 4.74 Å². The summed E-state index contributed by atoms with van der Waals surface area (Å²) >= 11 is 5.74. The average molecular weight is 342 g/mol. The van der Waals surface area contributed by atoms with E-state index in [1.807, 2.05) is 0 Å². The fraction of sp³-hybridized carbons (Fsp3) is 0.154. The predicted octanol–water partition coefficient (Wildman–Crippen LogP) is 5.32. The minimum absolute atomic E-state index is 0.0215. The third kappa shape index (κ3) is 4.03. The van der Waals surface area contributed by atoms with E-state index in [9.17, 15) is 26.3 Å². The van der Waals surface area contributed by atoms with Crippen LogP contribution in [0.5, 0.6) is 5.75 Å². The quantitative estimate of drug-likeness (QED) is 0.690. The van der Waals surface area contributed by atoms with Crippen LogP contribution in [0.25, 0.3) is 11.3 Å². The largest absolute Gasteiger partial charge is 0.573 e. The molecule has 0 N–H and O–H groups in total. The lowest BCUT2D eigenvalue weighted by Crippen LogP contribution is -2.16. The highest BCUT2D eigenvalue weighted by atomic mass is 35.5. The highest BCUT2D eigenvalue weighted by Gasteiger charge is 2.32. The fourth-order valence-electron chi connectivity index (χ4n) is 1.62. The standard InChI is InChI=1S/C13H6ClF6NO/c14-10-5-8(12(15,16)17)6-21-11(10)7-1-3-9(4-2-7)22-13(18,19)20/h1-6H. The molecule has 0 spiro atoms. The van der Waals surface area contributed by atoms with Crippen LogP contribution >= 0.6 is 11.6 Å². The zero-order valence-corrected chi connectivity index (χ0v) is 11.2. The number of hydrogen-bond acceptors (Lipinski definition) is 2. The number of ether oxygens (including phenoxy) is 1. The van der Waals surface area contributed by atoms with Gasteiger partial charge in [0.15, 0.2) is 0 Å². The first-order valence-corrected chi connectivity index (χ1v) is 6.03. The molecule has 1 aromatic heterocycles. The van der Waals surface area contributed by atoms with E-state index in [4.69, 9.17) is 11.6 Å². The van der Waals surface area contributed by atoms with Gasteiger partial charge in [0, 0.05) is 11.8 Å². The third-order valence-electron chi connectivity index (χ3n) is 2.53. The summed E-state index contributed by atoms with van der Waals surface area (Å²) in [4.78, 5) is 3.60. The molecule has 0 saturated carbocycles. The zero-order chi connectivity index (χ0) is 16.5. The number of halogens is 7. The second-order valence-electron chi connectivity index (χ2n) is 4.12. The van der Waals surface area contributed by atoms with Crippen LogP contribution in [0.4, 0.5) is 26.3 Å². The van der Waals surface area contributed by atoms with Crippen LogP contribution in [0.15, 0.2) is 36.5 Å². The van der Waals surface area contributed by atoms with Crippen LogP contribution in [0, 0.1) is 0 Å². The Bertz CT molecular complexity index is 666. The van der Waals surface area contributed by atoms with Crippen molar-refractivity contribution in [3.63, 3.8) is 0 Å². The van der Waals surface area contributed by atoms with Gasteiger partial charge in [0.05, 0.1) is 16.3 Å². The van der Waals surface area contributed by atoms with Crippen LogP contribution in [-0.4, -0.2) is 11.3 Å². The van der Waals surface area contributed by atoms with E-state index in [0.717, 1.165) is 12.1 Å². The molecule has 22 heavy (non-hydrogen) atoms. The predicted molar refractivity (Wildman–Crippen MR) is 66.4 cm³/mol. The molecule has 0 aliphatic rings. The Balaban J connectivity index is 2.29. The van der Waals surface area contributed by atoms with E-state index in [1.165, 1.54) is 12.1 Å². The molecule has 0 unspecified atom stereocenters. The summed E-state index contributed by atoms with van der Waals surface area (Å²) in [6.07, 6.45) is -8.81. The summed E-state index contributed by atoms with van der Waals surface area (Å²) in [5.74, 6) is -0.459. The summed E-state index contributed by atoms with van der Waals surface area (Å²) < 4.78 is 77.2. The topological polar surface area (TPSA) is 22.1 Å². The Labute approximate surface area is 125 Å². The van der Waals surface area contributed by atoms with Crippen molar-refractivity contribution >= 4 is 11.6 Å². The van der Waals surface area contributed by atoms with E-state index in [-0.39, 0.29) is 16.3 Å². The molecular formula is C13H6ClF6NO. The molecule has 2 nitrogen and oxygen atoms in total. The molecule has 0 saturated heterocycles. The van der Waals surface area contributed by atoms with Crippen LogP contribution in [0.1, 0.15) is 5.56 Å². The van der Waals surface area contributed by atoms with Crippen molar-refractivity contribution in [3.8, 4) is 17.0 Å². The van der Waals surface area contributed by atoms with Gasteiger partial charge in [-0.25, -0.2) is 0 Å². The Kier molecular flexibility index (Phi) is 4.23. The van der Waals surface area contributed by atoms with Gasteiger partial charge in [-0.1, -0.05) is 11.6 Å². The van der Waals surface area contributed by atoms with Gasteiger partial charge < -0.3 is 4.74 Å². The highest BCUT2D eigenvalue weighted by molar-refractivity contribution is 6.33. The Hall–Kier alpha value is -1.96. The smallest absolute Gasteiger partial charge is 0.406 e. The molecule has 0 bridgehead atoms. The number of alkyl halides is 6. The Morgan fingerprint density at radius 2 is 1.55 bits per heavy atom. The van der Waals surface area contributed by atoms with E-state index in [2.05, 4.69) is 9.72 Å². The maximum atomic E-state index is 12.5. The molecule has 2 aromatic rings. The second kappa shape index (κ2) is 5.68. The van der Waals surface area contributed by atoms with E-state index >= 15 is 0 Å². The monoisotopic (exact) mass is 341 g/mol. The number of nitrogens with zero attached hydrogens (tertiary/aromatic N) is 1. The maximum absolute atomic E-state index is 12.5. The van der Waals surface area contributed by atoms with Gasteiger partial charge in [-0.2, -0.15) is 13.2 Å². The SMILES string of the molecule is FC(F)(F)Oc1ccc(-c2ncc(C(F)(F)F)cc2Cl)cc1. The summed E-state index contributed by atoms with van der Waals surface area (Å²) in [5.41, 5.74) is -0.736. The van der Waals surface area contributed by atoms with Crippen molar-refractivity contribution in [2.75, 3.05) is 0 Å². The number of rotatable bonds is 2. The van der Waals surface area contributed by atoms with Crippen molar-refractivity contribution in [1.29, 1.82) is 0 Å². The number of pyridine rings is 1. The van der Waals surface area contributed by atoms with Gasteiger partial charge in [-0.15, -0.1) is 13.2 Å². The van der Waals surface area contributed by atoms with Crippen molar-refractivity contribution in [3.05, 3.63) is 47.1 Å². The van der Waals surface area contributed by atoms with Gasteiger partial charge in [-0.05, 0) is 30.3 Å². The summed E-state index contributed by atoms with van der Waals surface area (Å²) in [7, 11) is 0. The molecule has 0 radical (unpaired) electrons. The zero-order valence-electron chi connectivity index (χ0n) is 10.5. The molecular weight excluding hydrogens is 336 g/mol. The first-order chi connectivity index (χ1) is 10.1. The maximum Gasteiger partial charge on any atom is 0.573 e. The van der Waals surface area contributed by atoms with E-state index in [0.29, 0.717) is 12.3 Å². The molecule has 0 atom stereocenters. The van der Waals surface area contributed by atoms with Gasteiger partial charge in [0.2, 0.25) is 0 Å². The lowest BCUT2D eigenvalue weighted by Gasteiger charge is -2.11. The van der Waals surface area contributed by atoms with E-state index < -0.39 is 23.9 Å². The van der Waals surface area contributed by atoms with Crippen molar-refractivity contribution in [1.82, 2.24) is 4.98 Å². The van der Waals surface area contributed by atoms with Crippen molar-refractivity contribution < 1.29 is 31.1 Å². The minimum Gasteiger partial charge on any atom is -0.406 e. The van der Waals surface area contributed by atoms with Gasteiger partial charge in [0.25, 0.3) is 0 Å². The molecule has 0 aliphatic carbocycles. The lowest BCUT2D eigenvalue weighted by atomic mass is 10.1. The Morgan fingerprint density at radius 3 is 2.00 bits per heavy atom. The molecule has 118 valence electrons. The minimum atomic E-state index is -4.83. The van der Waals surface area contributed by atoms with Crippen LogP contribution in [-0.2, 0) is 6.18 Å². The van der Waals surface area contributed by atoms with E-state index in [1.54, 1.807) is 0 Å². The normalized spacial score (nSPS) is 12.3. The number of hydrogen-bond donors (Lipinski definition) is 0.